The van der Waals surface area contributed by atoms with E-state index < -0.39 is 0 Å². The molecule has 0 unspecified atom stereocenters. The van der Waals surface area contributed by atoms with E-state index in [1.807, 2.05) is 19.1 Å². The van der Waals surface area contributed by atoms with Gasteiger partial charge in [-0.1, -0.05) is 18.2 Å². The third-order valence-electron chi connectivity index (χ3n) is 2.78. The van der Waals surface area contributed by atoms with E-state index in [9.17, 15) is 4.39 Å². The standard InChI is InChI=1S/C12H11FN4/c1-8-6-11(9-4-2-3-5-10(9)13)17-12(16-8)14-7-15-17/h2-7,11H,1H3,(H,14,15,16)/t11-/m0/s1. The molecule has 1 aromatic heterocycles. The number of fused-ring (bicyclic) bond motifs is 1. The number of rotatable bonds is 1. The first kappa shape index (κ1) is 10.0. The van der Waals surface area contributed by atoms with E-state index in [-0.39, 0.29) is 11.9 Å². The van der Waals surface area contributed by atoms with Gasteiger partial charge in [0.15, 0.2) is 0 Å². The highest BCUT2D eigenvalue weighted by molar-refractivity contribution is 5.42. The molecule has 4 nitrogen and oxygen atoms in total. The Morgan fingerprint density at radius 3 is 3.00 bits per heavy atom. The molecule has 1 N–H and O–H groups in total. The first-order valence-electron chi connectivity index (χ1n) is 5.35. The van der Waals surface area contributed by atoms with Crippen LogP contribution in [0.15, 0.2) is 42.4 Å². The number of hydrogen-bond acceptors (Lipinski definition) is 3. The predicted octanol–water partition coefficient (Wildman–Crippen LogP) is 2.34. The van der Waals surface area contributed by atoms with Crippen LogP contribution in [0.5, 0.6) is 0 Å². The van der Waals surface area contributed by atoms with Gasteiger partial charge in [0.2, 0.25) is 5.95 Å². The summed E-state index contributed by atoms with van der Waals surface area (Å²) in [7, 11) is 0. The van der Waals surface area contributed by atoms with Gasteiger partial charge in [-0.15, -0.1) is 0 Å². The summed E-state index contributed by atoms with van der Waals surface area (Å²) in [6.07, 6.45) is 3.39. The van der Waals surface area contributed by atoms with Crippen molar-refractivity contribution in [1.29, 1.82) is 0 Å². The van der Waals surface area contributed by atoms with Crippen LogP contribution in [0.3, 0.4) is 0 Å². The molecule has 0 bridgehead atoms. The first-order valence-corrected chi connectivity index (χ1v) is 5.35. The fraction of sp³-hybridized carbons (Fsp3) is 0.167. The molecule has 0 spiro atoms. The van der Waals surface area contributed by atoms with Gasteiger partial charge in [-0.2, -0.15) is 10.1 Å². The molecule has 0 saturated carbocycles. The van der Waals surface area contributed by atoms with Crippen LogP contribution in [0.25, 0.3) is 0 Å². The van der Waals surface area contributed by atoms with Crippen LogP contribution >= 0.6 is 0 Å². The van der Waals surface area contributed by atoms with Crippen LogP contribution in [0.4, 0.5) is 10.3 Å². The number of anilines is 1. The third kappa shape index (κ3) is 1.60. The molecule has 0 aliphatic carbocycles. The number of benzene rings is 1. The van der Waals surface area contributed by atoms with E-state index in [1.54, 1.807) is 16.8 Å². The van der Waals surface area contributed by atoms with Crippen molar-refractivity contribution in [1.82, 2.24) is 14.8 Å². The minimum Gasteiger partial charge on any atom is -0.329 e. The van der Waals surface area contributed by atoms with Crippen LogP contribution in [0.2, 0.25) is 0 Å². The monoisotopic (exact) mass is 230 g/mol. The summed E-state index contributed by atoms with van der Waals surface area (Å²) in [5.74, 6) is 0.406. The minimum atomic E-state index is -0.241. The van der Waals surface area contributed by atoms with Crippen molar-refractivity contribution in [2.45, 2.75) is 13.0 Å². The highest BCUT2D eigenvalue weighted by Crippen LogP contribution is 2.29. The van der Waals surface area contributed by atoms with Gasteiger partial charge >= 0.3 is 0 Å². The average molecular weight is 230 g/mol. The van der Waals surface area contributed by atoms with Crippen LogP contribution in [0, 0.1) is 5.82 Å². The molecule has 3 rings (SSSR count). The fourth-order valence-corrected chi connectivity index (χ4v) is 2.01. The molecule has 2 aromatic rings. The molecule has 1 aromatic carbocycles. The van der Waals surface area contributed by atoms with Crippen molar-refractivity contribution in [3.63, 3.8) is 0 Å². The number of allylic oxidation sites excluding steroid dienone is 2. The Hall–Kier alpha value is -2.17. The van der Waals surface area contributed by atoms with E-state index in [1.165, 1.54) is 12.4 Å². The quantitative estimate of drug-likeness (QED) is 0.817. The normalized spacial score (nSPS) is 18.2. The first-order chi connectivity index (χ1) is 8.25. The Bertz CT molecular complexity index is 588. The Morgan fingerprint density at radius 2 is 2.18 bits per heavy atom. The summed E-state index contributed by atoms with van der Waals surface area (Å²) >= 11 is 0. The van der Waals surface area contributed by atoms with Gasteiger partial charge in [-0.05, 0) is 19.1 Å². The fourth-order valence-electron chi connectivity index (χ4n) is 2.01. The summed E-state index contributed by atoms with van der Waals surface area (Å²) in [5.41, 5.74) is 1.54. The van der Waals surface area contributed by atoms with Gasteiger partial charge < -0.3 is 5.32 Å². The zero-order valence-corrected chi connectivity index (χ0v) is 9.26. The van der Waals surface area contributed by atoms with Gasteiger partial charge in [-0.3, -0.25) is 0 Å². The number of aromatic nitrogens is 3. The number of hydrogen-bond donors (Lipinski definition) is 1. The van der Waals surface area contributed by atoms with E-state index >= 15 is 0 Å². The molecule has 1 atom stereocenters. The van der Waals surface area contributed by atoms with Crippen LogP contribution in [-0.2, 0) is 0 Å². The average Bonchev–Trinajstić information content (AvgIpc) is 2.76. The molecule has 0 saturated heterocycles. The van der Waals surface area contributed by atoms with Crippen molar-refractivity contribution in [3.05, 3.63) is 53.7 Å². The predicted molar refractivity (Wildman–Crippen MR) is 61.9 cm³/mol. The summed E-state index contributed by atoms with van der Waals surface area (Å²) < 4.78 is 15.5. The molecular weight excluding hydrogens is 219 g/mol. The van der Waals surface area contributed by atoms with Crippen LogP contribution in [0.1, 0.15) is 18.5 Å². The van der Waals surface area contributed by atoms with Crippen molar-refractivity contribution in [3.8, 4) is 0 Å². The second-order valence-electron chi connectivity index (χ2n) is 3.97. The van der Waals surface area contributed by atoms with Crippen molar-refractivity contribution in [2.75, 3.05) is 5.32 Å². The van der Waals surface area contributed by atoms with Crippen LogP contribution in [-0.4, -0.2) is 14.8 Å². The lowest BCUT2D eigenvalue weighted by Gasteiger charge is -2.22. The lowest BCUT2D eigenvalue weighted by atomic mass is 10.0. The lowest BCUT2D eigenvalue weighted by Crippen LogP contribution is -2.20. The largest absolute Gasteiger partial charge is 0.329 e. The second-order valence-corrected chi connectivity index (χ2v) is 3.97. The third-order valence-corrected chi connectivity index (χ3v) is 2.78. The summed E-state index contributed by atoms with van der Waals surface area (Å²) in [6, 6.07) is 6.48. The Balaban J connectivity index is 2.14. The van der Waals surface area contributed by atoms with Gasteiger partial charge in [-0.25, -0.2) is 9.07 Å². The highest BCUT2D eigenvalue weighted by atomic mass is 19.1. The summed E-state index contributed by atoms with van der Waals surface area (Å²) in [6.45, 7) is 1.92. The number of nitrogens with zero attached hydrogens (tertiary/aromatic N) is 3. The molecule has 1 aliphatic heterocycles. The van der Waals surface area contributed by atoms with E-state index in [2.05, 4.69) is 15.4 Å². The van der Waals surface area contributed by atoms with Gasteiger partial charge in [0.25, 0.3) is 0 Å². The minimum absolute atomic E-state index is 0.232. The van der Waals surface area contributed by atoms with Gasteiger partial charge in [0.1, 0.15) is 18.2 Å². The number of halogens is 1. The maximum Gasteiger partial charge on any atom is 0.226 e. The van der Waals surface area contributed by atoms with Crippen molar-refractivity contribution in [2.24, 2.45) is 0 Å². The van der Waals surface area contributed by atoms with E-state index in [4.69, 9.17) is 0 Å². The molecule has 86 valence electrons. The summed E-state index contributed by atoms with van der Waals surface area (Å²) in [4.78, 5) is 4.09. The van der Waals surface area contributed by atoms with Crippen molar-refractivity contribution >= 4 is 5.95 Å². The Kier molecular flexibility index (Phi) is 2.18. The zero-order valence-electron chi connectivity index (χ0n) is 9.26. The molecule has 2 heterocycles. The van der Waals surface area contributed by atoms with Gasteiger partial charge in [0, 0.05) is 11.3 Å². The molecule has 1 aliphatic rings. The van der Waals surface area contributed by atoms with Crippen molar-refractivity contribution < 1.29 is 4.39 Å². The smallest absolute Gasteiger partial charge is 0.226 e. The van der Waals surface area contributed by atoms with Gasteiger partial charge in [0.05, 0.1) is 0 Å². The molecule has 0 amide bonds. The zero-order chi connectivity index (χ0) is 11.8. The highest BCUT2D eigenvalue weighted by Gasteiger charge is 2.23. The molecule has 0 fully saturated rings. The van der Waals surface area contributed by atoms with E-state index in [0.29, 0.717) is 11.5 Å². The maximum atomic E-state index is 13.8. The molecular formula is C12H11FN4. The number of nitrogens with one attached hydrogen (secondary N) is 1. The second kappa shape index (κ2) is 3.69. The Labute approximate surface area is 97.8 Å². The van der Waals surface area contributed by atoms with E-state index in [0.717, 1.165) is 5.70 Å². The lowest BCUT2D eigenvalue weighted by molar-refractivity contribution is 0.547. The summed E-state index contributed by atoms with van der Waals surface area (Å²) in [5, 5.41) is 7.21. The Morgan fingerprint density at radius 1 is 1.35 bits per heavy atom. The molecule has 5 heteroatoms. The topological polar surface area (TPSA) is 42.7 Å². The molecule has 0 radical (unpaired) electrons. The van der Waals surface area contributed by atoms with Crippen LogP contribution < -0.4 is 5.32 Å². The SMILES string of the molecule is CC1=C[C@@H](c2ccccc2F)n2ncnc2N1. The maximum absolute atomic E-state index is 13.8. The molecule has 17 heavy (non-hydrogen) atoms.